The second-order valence-corrected chi connectivity index (χ2v) is 7.64. The number of ether oxygens (including phenoxy) is 2. The van der Waals surface area contributed by atoms with E-state index >= 15 is 0 Å². The van der Waals surface area contributed by atoms with Gasteiger partial charge in [-0.1, -0.05) is 37.6 Å². The highest BCUT2D eigenvalue weighted by atomic mass is 35.5. The van der Waals surface area contributed by atoms with Gasteiger partial charge in [-0.3, -0.25) is 4.79 Å². The zero-order valence-corrected chi connectivity index (χ0v) is 18.7. The summed E-state index contributed by atoms with van der Waals surface area (Å²) in [5, 5.41) is 3.40. The highest BCUT2D eigenvalue weighted by Gasteiger charge is 2.20. The van der Waals surface area contributed by atoms with Gasteiger partial charge in [-0.05, 0) is 37.2 Å². The Balaban J connectivity index is 1.79. The molecule has 30 heavy (non-hydrogen) atoms. The van der Waals surface area contributed by atoms with Crippen LogP contribution in [-0.2, 0) is 0 Å². The summed E-state index contributed by atoms with van der Waals surface area (Å²) in [7, 11) is 1.54. The number of hydrogen-bond acceptors (Lipinski definition) is 5. The standard InChI is InChI=1S/C23H30ClN3O3/c1-4-14-30-22-18(24)15-17(16-21(22)29-3)23(28)25-19-8-6-7-9-20(19)27-12-10-26(5-2)11-13-27/h6-9,15-16H,4-5,10-14H2,1-3H3,(H,25,28). The number of para-hydroxylation sites is 2. The molecule has 3 rings (SSSR count). The first-order valence-electron chi connectivity index (χ1n) is 10.4. The van der Waals surface area contributed by atoms with Crippen molar-refractivity contribution < 1.29 is 14.3 Å². The fourth-order valence-corrected chi connectivity index (χ4v) is 3.81. The molecule has 0 bridgehead atoms. The maximum atomic E-state index is 13.0. The third-order valence-electron chi connectivity index (χ3n) is 5.25. The molecule has 2 aromatic carbocycles. The van der Waals surface area contributed by atoms with E-state index in [-0.39, 0.29) is 5.91 Å². The van der Waals surface area contributed by atoms with Crippen LogP contribution in [0.25, 0.3) is 0 Å². The summed E-state index contributed by atoms with van der Waals surface area (Å²) in [6.07, 6.45) is 0.852. The molecule has 1 amide bonds. The molecule has 0 unspecified atom stereocenters. The van der Waals surface area contributed by atoms with Crippen LogP contribution in [0, 0.1) is 0 Å². The van der Waals surface area contributed by atoms with E-state index in [1.165, 1.54) is 7.11 Å². The monoisotopic (exact) mass is 431 g/mol. The van der Waals surface area contributed by atoms with Gasteiger partial charge < -0.3 is 24.6 Å². The lowest BCUT2D eigenvalue weighted by molar-refractivity contribution is 0.102. The molecule has 0 radical (unpaired) electrons. The van der Waals surface area contributed by atoms with Crippen molar-refractivity contribution in [3.63, 3.8) is 0 Å². The summed E-state index contributed by atoms with van der Waals surface area (Å²) < 4.78 is 11.1. The number of benzene rings is 2. The highest BCUT2D eigenvalue weighted by Crippen LogP contribution is 2.37. The van der Waals surface area contributed by atoms with Crippen molar-refractivity contribution in [3.05, 3.63) is 47.0 Å². The number of nitrogens with one attached hydrogen (secondary N) is 1. The number of likely N-dealkylation sites (N-methyl/N-ethyl adjacent to an activating group) is 1. The van der Waals surface area contributed by atoms with Crippen LogP contribution < -0.4 is 19.7 Å². The second kappa shape index (κ2) is 10.5. The van der Waals surface area contributed by atoms with Crippen molar-refractivity contribution in [3.8, 4) is 11.5 Å². The number of amides is 1. The summed E-state index contributed by atoms with van der Waals surface area (Å²) in [5.74, 6) is 0.675. The Labute approximate surface area is 183 Å². The topological polar surface area (TPSA) is 54.0 Å². The van der Waals surface area contributed by atoms with Gasteiger partial charge in [0.25, 0.3) is 5.91 Å². The van der Waals surface area contributed by atoms with Gasteiger partial charge in [0.15, 0.2) is 11.5 Å². The van der Waals surface area contributed by atoms with Gasteiger partial charge in [-0.15, -0.1) is 0 Å². The van der Waals surface area contributed by atoms with Gasteiger partial charge in [0.2, 0.25) is 0 Å². The number of halogens is 1. The normalized spacial score (nSPS) is 14.5. The van der Waals surface area contributed by atoms with Crippen molar-refractivity contribution >= 4 is 28.9 Å². The van der Waals surface area contributed by atoms with E-state index in [0.717, 1.165) is 50.5 Å². The van der Waals surface area contributed by atoms with Gasteiger partial charge in [0.1, 0.15) is 0 Å². The van der Waals surface area contributed by atoms with Crippen molar-refractivity contribution in [1.29, 1.82) is 0 Å². The van der Waals surface area contributed by atoms with Crippen LogP contribution >= 0.6 is 11.6 Å². The number of nitrogens with zero attached hydrogens (tertiary/aromatic N) is 2. The third kappa shape index (κ3) is 5.18. The van der Waals surface area contributed by atoms with Crippen LogP contribution in [0.3, 0.4) is 0 Å². The van der Waals surface area contributed by atoms with E-state index in [2.05, 4.69) is 22.0 Å². The minimum atomic E-state index is -0.239. The molecule has 1 aliphatic rings. The van der Waals surface area contributed by atoms with Crippen molar-refractivity contribution in [2.24, 2.45) is 0 Å². The molecule has 2 aromatic rings. The molecule has 0 atom stereocenters. The zero-order valence-electron chi connectivity index (χ0n) is 17.9. The molecule has 7 heteroatoms. The average molecular weight is 432 g/mol. The first-order valence-corrected chi connectivity index (χ1v) is 10.8. The quantitative estimate of drug-likeness (QED) is 0.665. The molecular weight excluding hydrogens is 402 g/mol. The summed E-state index contributed by atoms with van der Waals surface area (Å²) >= 11 is 6.38. The van der Waals surface area contributed by atoms with Crippen LogP contribution in [0.15, 0.2) is 36.4 Å². The number of anilines is 2. The lowest BCUT2D eigenvalue weighted by atomic mass is 10.1. The SMILES string of the molecule is CCCOc1c(Cl)cc(C(=O)Nc2ccccc2N2CCN(CC)CC2)cc1OC. The van der Waals surface area contributed by atoms with E-state index in [1.807, 2.05) is 31.2 Å². The fourth-order valence-electron chi connectivity index (χ4n) is 3.55. The van der Waals surface area contributed by atoms with Gasteiger partial charge in [0.05, 0.1) is 30.1 Å². The lowest BCUT2D eigenvalue weighted by Gasteiger charge is -2.36. The first kappa shape index (κ1) is 22.2. The summed E-state index contributed by atoms with van der Waals surface area (Å²) in [6, 6.07) is 11.2. The second-order valence-electron chi connectivity index (χ2n) is 7.23. The maximum Gasteiger partial charge on any atom is 0.255 e. The van der Waals surface area contributed by atoms with Crippen LogP contribution in [0.4, 0.5) is 11.4 Å². The average Bonchev–Trinajstić information content (AvgIpc) is 2.78. The molecule has 0 aliphatic carbocycles. The largest absolute Gasteiger partial charge is 0.493 e. The zero-order chi connectivity index (χ0) is 21.5. The summed E-state index contributed by atoms with van der Waals surface area (Å²) in [5.41, 5.74) is 2.24. The van der Waals surface area contributed by atoms with Crippen molar-refractivity contribution in [2.45, 2.75) is 20.3 Å². The predicted molar refractivity (Wildman–Crippen MR) is 123 cm³/mol. The number of carbonyl (C=O) groups is 1. The predicted octanol–water partition coefficient (Wildman–Crippen LogP) is 4.53. The Morgan fingerprint density at radius 1 is 1.13 bits per heavy atom. The molecule has 1 N–H and O–H groups in total. The molecule has 162 valence electrons. The van der Waals surface area contributed by atoms with Gasteiger partial charge in [0, 0.05) is 31.7 Å². The van der Waals surface area contributed by atoms with E-state index in [0.29, 0.717) is 28.7 Å². The number of carbonyl (C=O) groups excluding carboxylic acids is 1. The number of methoxy groups -OCH3 is 1. The molecule has 0 aromatic heterocycles. The van der Waals surface area contributed by atoms with Gasteiger partial charge in [-0.2, -0.15) is 0 Å². The molecule has 1 heterocycles. The fraction of sp³-hybridized carbons (Fsp3) is 0.435. The lowest BCUT2D eigenvalue weighted by Crippen LogP contribution is -2.46. The minimum absolute atomic E-state index is 0.239. The van der Waals surface area contributed by atoms with Crippen LogP contribution in [0.2, 0.25) is 5.02 Å². The molecule has 1 fully saturated rings. The Morgan fingerprint density at radius 2 is 1.87 bits per heavy atom. The minimum Gasteiger partial charge on any atom is -0.493 e. The van der Waals surface area contributed by atoms with Crippen molar-refractivity contribution in [2.75, 3.05) is 56.7 Å². The summed E-state index contributed by atoms with van der Waals surface area (Å²) in [6.45, 7) is 9.69. The molecule has 0 saturated carbocycles. The van der Waals surface area contributed by atoms with Crippen LogP contribution in [0.1, 0.15) is 30.6 Å². The van der Waals surface area contributed by atoms with E-state index in [9.17, 15) is 4.79 Å². The number of piperazine rings is 1. The smallest absolute Gasteiger partial charge is 0.255 e. The van der Waals surface area contributed by atoms with Crippen LogP contribution in [-0.4, -0.2) is 57.2 Å². The number of hydrogen-bond donors (Lipinski definition) is 1. The Hall–Kier alpha value is -2.44. The third-order valence-corrected chi connectivity index (χ3v) is 5.54. The molecule has 1 aliphatic heterocycles. The Morgan fingerprint density at radius 3 is 2.53 bits per heavy atom. The Bertz CT molecular complexity index is 867. The Kier molecular flexibility index (Phi) is 7.82. The van der Waals surface area contributed by atoms with Gasteiger partial charge in [-0.25, -0.2) is 0 Å². The first-order chi connectivity index (χ1) is 14.6. The van der Waals surface area contributed by atoms with E-state index in [1.54, 1.807) is 12.1 Å². The van der Waals surface area contributed by atoms with Crippen molar-refractivity contribution in [1.82, 2.24) is 4.90 Å². The molecule has 6 nitrogen and oxygen atoms in total. The molecule has 0 spiro atoms. The molecular formula is C23H30ClN3O3. The van der Waals surface area contributed by atoms with Gasteiger partial charge >= 0.3 is 0 Å². The summed E-state index contributed by atoms with van der Waals surface area (Å²) in [4.78, 5) is 17.7. The van der Waals surface area contributed by atoms with Crippen LogP contribution in [0.5, 0.6) is 11.5 Å². The maximum absolute atomic E-state index is 13.0. The molecule has 1 saturated heterocycles. The van der Waals surface area contributed by atoms with E-state index in [4.69, 9.17) is 21.1 Å². The van der Waals surface area contributed by atoms with E-state index < -0.39 is 0 Å². The number of rotatable bonds is 8. The highest BCUT2D eigenvalue weighted by molar-refractivity contribution is 6.32.